The molecule has 0 saturated heterocycles. The number of rotatable bonds is 9. The summed E-state index contributed by atoms with van der Waals surface area (Å²) in [4.78, 5) is 0. The summed E-state index contributed by atoms with van der Waals surface area (Å²) >= 11 is 0. The van der Waals surface area contributed by atoms with E-state index < -0.39 is 0 Å². The molecule has 1 aromatic rings. The van der Waals surface area contributed by atoms with E-state index in [1.165, 1.54) is 11.1 Å². The number of hydrogen-bond acceptors (Lipinski definition) is 3. The van der Waals surface area contributed by atoms with Gasteiger partial charge < -0.3 is 14.8 Å². The summed E-state index contributed by atoms with van der Waals surface area (Å²) in [5.41, 5.74) is 2.68. The lowest BCUT2D eigenvalue weighted by Gasteiger charge is -2.26. The molecule has 1 unspecified atom stereocenters. The average Bonchev–Trinajstić information content (AvgIpc) is 2.46. The second-order valence-corrected chi connectivity index (χ2v) is 5.50. The van der Waals surface area contributed by atoms with Gasteiger partial charge in [0, 0.05) is 14.2 Å². The highest BCUT2D eigenvalue weighted by molar-refractivity contribution is 5.25. The van der Waals surface area contributed by atoms with Crippen molar-refractivity contribution in [3.8, 4) is 0 Å². The molecule has 1 atom stereocenters. The third-order valence-electron chi connectivity index (χ3n) is 3.55. The molecule has 3 nitrogen and oxygen atoms in total. The molecule has 0 amide bonds. The minimum atomic E-state index is -0.216. The van der Waals surface area contributed by atoms with Gasteiger partial charge in [-0.1, -0.05) is 45.0 Å². The molecule has 0 saturated carbocycles. The summed E-state index contributed by atoms with van der Waals surface area (Å²) < 4.78 is 10.8. The minimum Gasteiger partial charge on any atom is -0.354 e. The topological polar surface area (TPSA) is 30.5 Å². The predicted octanol–water partition coefficient (Wildman–Crippen LogP) is 3.34. The Morgan fingerprint density at radius 2 is 1.65 bits per heavy atom. The molecule has 0 aromatic heterocycles. The fourth-order valence-corrected chi connectivity index (χ4v) is 2.31. The van der Waals surface area contributed by atoms with E-state index in [0.717, 1.165) is 19.4 Å². The molecule has 3 heteroatoms. The summed E-state index contributed by atoms with van der Waals surface area (Å²) in [5, 5.41) is 3.51. The highest BCUT2D eigenvalue weighted by Gasteiger charge is 2.20. The van der Waals surface area contributed by atoms with Gasteiger partial charge in [-0.3, -0.25) is 0 Å². The van der Waals surface area contributed by atoms with E-state index in [9.17, 15) is 0 Å². The number of nitrogens with one attached hydrogen (secondary N) is 1. The Kier molecular flexibility index (Phi) is 7.82. The van der Waals surface area contributed by atoms with Crippen LogP contribution >= 0.6 is 0 Å². The Bertz CT molecular complexity index is 358. The van der Waals surface area contributed by atoms with Crippen molar-refractivity contribution in [3.63, 3.8) is 0 Å². The first kappa shape index (κ1) is 17.2. The van der Waals surface area contributed by atoms with Gasteiger partial charge in [0.05, 0.1) is 6.04 Å². The van der Waals surface area contributed by atoms with Crippen LogP contribution in [0.4, 0.5) is 0 Å². The normalized spacial score (nSPS) is 13.2. The van der Waals surface area contributed by atoms with Gasteiger partial charge in [-0.15, -0.1) is 0 Å². The highest BCUT2D eigenvalue weighted by Crippen LogP contribution is 2.16. The van der Waals surface area contributed by atoms with Crippen LogP contribution in [-0.4, -0.2) is 33.1 Å². The number of benzene rings is 1. The zero-order valence-corrected chi connectivity index (χ0v) is 13.5. The van der Waals surface area contributed by atoms with Gasteiger partial charge in [-0.05, 0) is 36.4 Å². The van der Waals surface area contributed by atoms with Crippen LogP contribution < -0.4 is 5.32 Å². The maximum Gasteiger partial charge on any atom is 0.172 e. The molecule has 0 aliphatic heterocycles. The molecule has 0 fully saturated rings. The van der Waals surface area contributed by atoms with Gasteiger partial charge in [0.25, 0.3) is 0 Å². The van der Waals surface area contributed by atoms with E-state index in [1.54, 1.807) is 14.2 Å². The van der Waals surface area contributed by atoms with Crippen LogP contribution in [-0.2, 0) is 15.9 Å². The molecule has 1 aromatic carbocycles. The van der Waals surface area contributed by atoms with Gasteiger partial charge in [0.15, 0.2) is 6.29 Å². The van der Waals surface area contributed by atoms with Crippen molar-refractivity contribution >= 4 is 0 Å². The number of methoxy groups -OCH3 is 2. The van der Waals surface area contributed by atoms with Crippen molar-refractivity contribution < 1.29 is 9.47 Å². The van der Waals surface area contributed by atoms with Crippen LogP contribution in [0.3, 0.4) is 0 Å². The molecule has 0 heterocycles. The molecule has 114 valence electrons. The number of ether oxygens (including phenoxy) is 2. The largest absolute Gasteiger partial charge is 0.354 e. The van der Waals surface area contributed by atoms with E-state index in [0.29, 0.717) is 5.92 Å². The van der Waals surface area contributed by atoms with E-state index in [1.807, 2.05) is 0 Å². The monoisotopic (exact) mass is 279 g/mol. The Morgan fingerprint density at radius 1 is 1.05 bits per heavy atom. The Morgan fingerprint density at radius 3 is 2.10 bits per heavy atom. The first-order valence-corrected chi connectivity index (χ1v) is 7.50. The first-order chi connectivity index (χ1) is 9.62. The van der Waals surface area contributed by atoms with Gasteiger partial charge in [-0.25, -0.2) is 0 Å². The number of hydrogen-bond donors (Lipinski definition) is 1. The van der Waals surface area contributed by atoms with Crippen LogP contribution in [0.5, 0.6) is 0 Å². The molecule has 1 N–H and O–H groups in total. The summed E-state index contributed by atoms with van der Waals surface area (Å²) in [7, 11) is 3.38. The molecular formula is C17H29NO2. The van der Waals surface area contributed by atoms with Crippen LogP contribution in [0.1, 0.15) is 44.2 Å². The second kappa shape index (κ2) is 9.11. The van der Waals surface area contributed by atoms with E-state index in [4.69, 9.17) is 9.47 Å². The van der Waals surface area contributed by atoms with Crippen molar-refractivity contribution in [1.29, 1.82) is 0 Å². The molecule has 0 aliphatic rings. The van der Waals surface area contributed by atoms with E-state index in [2.05, 4.69) is 50.4 Å². The van der Waals surface area contributed by atoms with E-state index >= 15 is 0 Å². The summed E-state index contributed by atoms with van der Waals surface area (Å²) in [6.07, 6.45) is 1.79. The third kappa shape index (κ3) is 5.23. The van der Waals surface area contributed by atoms with Crippen molar-refractivity contribution in [1.82, 2.24) is 5.32 Å². The zero-order chi connectivity index (χ0) is 15.0. The fourth-order valence-electron chi connectivity index (χ4n) is 2.31. The quantitative estimate of drug-likeness (QED) is 0.703. The molecule has 0 spiro atoms. The lowest BCUT2D eigenvalue weighted by molar-refractivity contribution is -0.122. The Balaban J connectivity index is 2.72. The molecule has 20 heavy (non-hydrogen) atoms. The van der Waals surface area contributed by atoms with Gasteiger partial charge >= 0.3 is 0 Å². The average molecular weight is 279 g/mol. The zero-order valence-electron chi connectivity index (χ0n) is 13.5. The maximum absolute atomic E-state index is 5.41. The van der Waals surface area contributed by atoms with Crippen LogP contribution in [0.2, 0.25) is 0 Å². The molecule has 0 bridgehead atoms. The lowest BCUT2D eigenvalue weighted by atomic mass is 9.99. The molecule has 0 radical (unpaired) electrons. The lowest BCUT2D eigenvalue weighted by Crippen LogP contribution is -2.44. The summed E-state index contributed by atoms with van der Waals surface area (Å²) in [6.45, 7) is 7.56. The Hall–Kier alpha value is -0.900. The van der Waals surface area contributed by atoms with Gasteiger partial charge in [0.1, 0.15) is 0 Å². The maximum atomic E-state index is 5.41. The predicted molar refractivity (Wildman–Crippen MR) is 84.1 cm³/mol. The van der Waals surface area contributed by atoms with Crippen molar-refractivity contribution in [2.75, 3.05) is 20.8 Å². The fraction of sp³-hybridized carbons (Fsp3) is 0.647. The standard InChI is InChI=1S/C17H29NO2/c1-6-11-18-16(17(19-4)20-5)12-14-7-9-15(10-8-14)13(2)3/h7-10,13,16-18H,6,11-12H2,1-5H3. The van der Waals surface area contributed by atoms with Crippen LogP contribution in [0, 0.1) is 0 Å². The molecule has 1 rings (SSSR count). The van der Waals surface area contributed by atoms with Gasteiger partial charge in [-0.2, -0.15) is 0 Å². The van der Waals surface area contributed by atoms with Gasteiger partial charge in [0.2, 0.25) is 0 Å². The molecule has 0 aliphatic carbocycles. The minimum absolute atomic E-state index is 0.176. The van der Waals surface area contributed by atoms with Crippen LogP contribution in [0.25, 0.3) is 0 Å². The first-order valence-electron chi connectivity index (χ1n) is 7.50. The Labute approximate surface area is 123 Å². The van der Waals surface area contributed by atoms with Crippen molar-refractivity contribution in [3.05, 3.63) is 35.4 Å². The third-order valence-corrected chi connectivity index (χ3v) is 3.55. The summed E-state index contributed by atoms with van der Waals surface area (Å²) in [6, 6.07) is 9.02. The van der Waals surface area contributed by atoms with Crippen molar-refractivity contribution in [2.24, 2.45) is 0 Å². The summed E-state index contributed by atoms with van der Waals surface area (Å²) in [5.74, 6) is 0.573. The highest BCUT2D eigenvalue weighted by atomic mass is 16.7. The van der Waals surface area contributed by atoms with Crippen LogP contribution in [0.15, 0.2) is 24.3 Å². The molecular weight excluding hydrogens is 250 g/mol. The SMILES string of the molecule is CCCNC(Cc1ccc(C(C)C)cc1)C(OC)OC. The second-order valence-electron chi connectivity index (χ2n) is 5.50. The van der Waals surface area contributed by atoms with Crippen molar-refractivity contribution in [2.45, 2.75) is 51.9 Å². The smallest absolute Gasteiger partial charge is 0.172 e. The van der Waals surface area contributed by atoms with E-state index in [-0.39, 0.29) is 12.3 Å².